The maximum absolute atomic E-state index is 12.7. The Kier molecular flexibility index (Phi) is 9.48. The minimum Gasteiger partial charge on any atom is -0.386 e. The number of benzene rings is 2. The van der Waals surface area contributed by atoms with Crippen LogP contribution in [0.1, 0.15) is 97.4 Å². The summed E-state index contributed by atoms with van der Waals surface area (Å²) < 4.78 is 5.25. The Morgan fingerprint density at radius 1 is 0.677 bits per heavy atom. The minimum atomic E-state index is -0.582. The molecule has 2 rings (SSSR count). The highest BCUT2D eigenvalue weighted by molar-refractivity contribution is 6.02. The van der Waals surface area contributed by atoms with Gasteiger partial charge in [0.15, 0.2) is 0 Å². The molecule has 0 spiro atoms. The smallest absolute Gasteiger partial charge is 0.346 e. The summed E-state index contributed by atoms with van der Waals surface area (Å²) in [7, 11) is 0. The van der Waals surface area contributed by atoms with Crippen molar-refractivity contribution in [3.63, 3.8) is 0 Å². The van der Waals surface area contributed by atoms with E-state index in [0.29, 0.717) is 23.0 Å². The largest absolute Gasteiger partial charge is 0.386 e. The lowest BCUT2D eigenvalue weighted by molar-refractivity contribution is 0.0397. The van der Waals surface area contributed by atoms with Crippen LogP contribution in [0.5, 0.6) is 0 Å². The fraction of sp³-hybridized carbons (Fsp3) is 0.500. The molecule has 0 bridgehead atoms. The second-order valence-electron chi connectivity index (χ2n) is 9.34. The summed E-state index contributed by atoms with van der Waals surface area (Å²) in [5.74, 6) is -0.0690. The monoisotopic (exact) mass is 422 g/mol. The van der Waals surface area contributed by atoms with Crippen LogP contribution in [0.25, 0.3) is 0 Å². The van der Waals surface area contributed by atoms with Crippen molar-refractivity contribution >= 4 is 11.9 Å². The van der Waals surface area contributed by atoms with Crippen molar-refractivity contribution in [2.24, 2.45) is 11.8 Å². The molecular formula is C28H38O3. The van der Waals surface area contributed by atoms with Gasteiger partial charge in [0.1, 0.15) is 0 Å². The summed E-state index contributed by atoms with van der Waals surface area (Å²) >= 11 is 0. The van der Waals surface area contributed by atoms with Crippen LogP contribution in [0.3, 0.4) is 0 Å². The van der Waals surface area contributed by atoms with Gasteiger partial charge in [-0.3, -0.25) is 0 Å². The molecule has 3 nitrogen and oxygen atoms in total. The highest BCUT2D eigenvalue weighted by Gasteiger charge is 2.18. The van der Waals surface area contributed by atoms with Gasteiger partial charge in [-0.1, -0.05) is 66.5 Å². The molecule has 0 atom stereocenters. The van der Waals surface area contributed by atoms with E-state index in [2.05, 4.69) is 41.5 Å². The number of ether oxygens (including phenoxy) is 1. The quantitative estimate of drug-likeness (QED) is 0.306. The summed E-state index contributed by atoms with van der Waals surface area (Å²) in [6.45, 7) is 13.0. The Bertz CT molecular complexity index is 820. The van der Waals surface area contributed by atoms with E-state index >= 15 is 0 Å². The molecule has 0 aliphatic carbocycles. The van der Waals surface area contributed by atoms with Gasteiger partial charge < -0.3 is 4.74 Å². The normalized spacial score (nSPS) is 11.2. The van der Waals surface area contributed by atoms with Gasteiger partial charge >= 0.3 is 11.9 Å². The van der Waals surface area contributed by atoms with Gasteiger partial charge in [0, 0.05) is 0 Å². The zero-order valence-corrected chi connectivity index (χ0v) is 20.1. The Labute approximate surface area is 188 Å². The summed E-state index contributed by atoms with van der Waals surface area (Å²) in [5.41, 5.74) is 5.75. The minimum absolute atomic E-state index is 0.439. The molecule has 0 aliphatic rings. The fourth-order valence-corrected chi connectivity index (χ4v) is 3.99. The first kappa shape index (κ1) is 24.8. The number of carbonyl (C=O) groups is 2. The maximum atomic E-state index is 12.7. The third-order valence-electron chi connectivity index (χ3n) is 5.36. The average Bonchev–Trinajstić information content (AvgIpc) is 2.70. The molecule has 31 heavy (non-hydrogen) atoms. The molecule has 0 N–H and O–H groups in total. The number of carbonyl (C=O) groups excluding carboxylic acids is 2. The topological polar surface area (TPSA) is 43.4 Å². The van der Waals surface area contributed by atoms with Crippen LogP contribution >= 0.6 is 0 Å². The molecule has 3 heteroatoms. The Morgan fingerprint density at radius 2 is 1.06 bits per heavy atom. The Morgan fingerprint density at radius 3 is 1.39 bits per heavy atom. The zero-order valence-electron chi connectivity index (χ0n) is 20.1. The highest BCUT2D eigenvalue weighted by Crippen LogP contribution is 2.21. The van der Waals surface area contributed by atoms with Gasteiger partial charge in [0.05, 0.1) is 11.1 Å². The Hall–Kier alpha value is -2.42. The first-order valence-corrected chi connectivity index (χ1v) is 11.7. The summed E-state index contributed by atoms with van der Waals surface area (Å²) in [5, 5.41) is 0. The van der Waals surface area contributed by atoms with Crippen LogP contribution in [0.4, 0.5) is 0 Å². The van der Waals surface area contributed by atoms with Gasteiger partial charge in [-0.05, 0) is 84.0 Å². The molecule has 2 aromatic carbocycles. The molecule has 0 aromatic heterocycles. The van der Waals surface area contributed by atoms with Crippen LogP contribution < -0.4 is 0 Å². The van der Waals surface area contributed by atoms with Crippen LogP contribution in [-0.2, 0) is 30.4 Å². The van der Waals surface area contributed by atoms with Crippen molar-refractivity contribution in [1.29, 1.82) is 0 Å². The molecule has 0 aliphatic heterocycles. The van der Waals surface area contributed by atoms with E-state index in [4.69, 9.17) is 4.74 Å². The van der Waals surface area contributed by atoms with Crippen LogP contribution in [0.2, 0.25) is 0 Å². The molecule has 0 fully saturated rings. The fourth-order valence-electron chi connectivity index (χ4n) is 3.99. The van der Waals surface area contributed by atoms with Crippen LogP contribution in [0.15, 0.2) is 36.4 Å². The second-order valence-corrected chi connectivity index (χ2v) is 9.34. The number of hydrogen-bond donors (Lipinski definition) is 0. The molecule has 0 saturated carbocycles. The summed E-state index contributed by atoms with van der Waals surface area (Å²) in [6, 6.07) is 11.4. The predicted octanol–water partition coefficient (Wildman–Crippen LogP) is 6.99. The van der Waals surface area contributed by atoms with Crippen molar-refractivity contribution < 1.29 is 14.3 Å². The summed E-state index contributed by atoms with van der Waals surface area (Å²) in [4.78, 5) is 25.4. The van der Waals surface area contributed by atoms with Gasteiger partial charge in [-0.25, -0.2) is 9.59 Å². The van der Waals surface area contributed by atoms with E-state index in [1.165, 1.54) is 22.3 Å². The predicted molar refractivity (Wildman–Crippen MR) is 128 cm³/mol. The van der Waals surface area contributed by atoms with Crippen LogP contribution in [0, 0.1) is 11.8 Å². The van der Waals surface area contributed by atoms with Crippen molar-refractivity contribution in [2.45, 2.75) is 80.1 Å². The molecule has 0 amide bonds. The van der Waals surface area contributed by atoms with Gasteiger partial charge in [-0.15, -0.1) is 0 Å². The second kappa shape index (κ2) is 11.8. The van der Waals surface area contributed by atoms with Gasteiger partial charge in [-0.2, -0.15) is 0 Å². The molecule has 0 unspecified atom stereocenters. The number of aryl methyl sites for hydroxylation is 2. The molecular weight excluding hydrogens is 384 g/mol. The van der Waals surface area contributed by atoms with E-state index in [1.54, 1.807) is 12.1 Å². The van der Waals surface area contributed by atoms with E-state index < -0.39 is 11.9 Å². The van der Waals surface area contributed by atoms with E-state index in [1.807, 2.05) is 24.3 Å². The van der Waals surface area contributed by atoms with Crippen molar-refractivity contribution in [3.8, 4) is 0 Å². The average molecular weight is 423 g/mol. The van der Waals surface area contributed by atoms with E-state index in [-0.39, 0.29) is 0 Å². The van der Waals surface area contributed by atoms with E-state index in [9.17, 15) is 9.59 Å². The highest BCUT2D eigenvalue weighted by atomic mass is 16.6. The lowest BCUT2D eigenvalue weighted by Crippen LogP contribution is -2.14. The number of rotatable bonds is 10. The van der Waals surface area contributed by atoms with Crippen LogP contribution in [-0.4, -0.2) is 11.9 Å². The lowest BCUT2D eigenvalue weighted by Gasteiger charge is -2.14. The molecule has 0 saturated heterocycles. The third-order valence-corrected chi connectivity index (χ3v) is 5.36. The molecule has 2 aromatic rings. The molecule has 0 heterocycles. The van der Waals surface area contributed by atoms with Crippen molar-refractivity contribution in [3.05, 3.63) is 69.8 Å². The van der Waals surface area contributed by atoms with Crippen molar-refractivity contribution in [1.82, 2.24) is 0 Å². The van der Waals surface area contributed by atoms with Gasteiger partial charge in [0.2, 0.25) is 0 Å². The Balaban J connectivity index is 2.20. The first-order chi connectivity index (χ1) is 14.7. The van der Waals surface area contributed by atoms with E-state index in [0.717, 1.165) is 38.5 Å². The number of esters is 2. The SMILES string of the molecule is CCCc1cc(C(=O)OC(=O)c2ccc(CC(C)C)c(CCC)c2)ccc1CC(C)C. The van der Waals surface area contributed by atoms with Crippen molar-refractivity contribution in [2.75, 3.05) is 0 Å². The standard InChI is InChI=1S/C28H38O3/c1-7-9-21-17-25(13-11-23(21)15-19(3)4)27(29)31-28(30)26-14-12-24(16-20(5)6)22(18-26)10-8-2/h11-14,17-20H,7-10,15-16H2,1-6H3. The lowest BCUT2D eigenvalue weighted by atomic mass is 9.93. The molecule has 0 radical (unpaired) electrons. The first-order valence-electron chi connectivity index (χ1n) is 11.7. The molecule has 168 valence electrons. The van der Waals surface area contributed by atoms with Gasteiger partial charge in [0.25, 0.3) is 0 Å². The zero-order chi connectivity index (χ0) is 23.0. The maximum Gasteiger partial charge on any atom is 0.346 e. The number of hydrogen-bond acceptors (Lipinski definition) is 3. The third kappa shape index (κ3) is 7.34. The summed E-state index contributed by atoms with van der Waals surface area (Å²) in [6.07, 6.45) is 5.79.